The van der Waals surface area contributed by atoms with Crippen molar-refractivity contribution in [2.75, 3.05) is 0 Å². The SMILES string of the molecule is CC(C)=CCC[C@](C)(O)[C@]1(O)CC[C@](C)(O)[C@@H](O)[C@@H]1O. The van der Waals surface area contributed by atoms with Crippen molar-refractivity contribution >= 4 is 0 Å². The molecule has 0 aromatic heterocycles. The first-order valence-electron chi connectivity index (χ1n) is 7.11. The monoisotopic (exact) mass is 288 g/mol. The Morgan fingerprint density at radius 1 is 1.20 bits per heavy atom. The zero-order valence-electron chi connectivity index (χ0n) is 12.8. The zero-order valence-corrected chi connectivity index (χ0v) is 12.8. The molecule has 1 saturated carbocycles. The predicted octanol–water partition coefficient (Wildman–Crippen LogP) is 0.482. The second kappa shape index (κ2) is 5.73. The molecule has 0 aromatic rings. The van der Waals surface area contributed by atoms with Crippen molar-refractivity contribution in [1.82, 2.24) is 0 Å². The van der Waals surface area contributed by atoms with E-state index in [0.717, 1.165) is 5.57 Å². The molecular weight excluding hydrogens is 260 g/mol. The van der Waals surface area contributed by atoms with Gasteiger partial charge in [0.25, 0.3) is 0 Å². The standard InChI is InChI=1S/C15H28O5/c1-10(2)6-5-7-14(4,19)15(20)9-8-13(3,18)11(16)12(15)17/h6,11-12,16-20H,5,7-9H2,1-4H3/t11-,12-,13-,14-,15-/m0/s1. The van der Waals surface area contributed by atoms with Crippen LogP contribution in [-0.4, -0.2) is 54.5 Å². The number of aliphatic hydroxyl groups excluding tert-OH is 2. The summed E-state index contributed by atoms with van der Waals surface area (Å²) in [6.07, 6.45) is -0.165. The maximum atomic E-state index is 10.6. The minimum atomic E-state index is -1.83. The normalized spacial score (nSPS) is 41.0. The van der Waals surface area contributed by atoms with Crippen LogP contribution >= 0.6 is 0 Å². The van der Waals surface area contributed by atoms with Crippen molar-refractivity contribution < 1.29 is 25.5 Å². The van der Waals surface area contributed by atoms with E-state index in [1.54, 1.807) is 0 Å². The maximum Gasteiger partial charge on any atom is 0.121 e. The quantitative estimate of drug-likeness (QED) is 0.484. The summed E-state index contributed by atoms with van der Waals surface area (Å²) in [5, 5.41) is 51.2. The molecule has 1 aliphatic rings. The van der Waals surface area contributed by atoms with E-state index in [0.29, 0.717) is 6.42 Å². The van der Waals surface area contributed by atoms with Crippen molar-refractivity contribution in [3.05, 3.63) is 11.6 Å². The lowest BCUT2D eigenvalue weighted by molar-refractivity contribution is -0.270. The minimum Gasteiger partial charge on any atom is -0.387 e. The first-order chi connectivity index (χ1) is 8.94. The predicted molar refractivity (Wildman–Crippen MR) is 76.1 cm³/mol. The van der Waals surface area contributed by atoms with Crippen LogP contribution in [0.4, 0.5) is 0 Å². The molecule has 5 nitrogen and oxygen atoms in total. The van der Waals surface area contributed by atoms with E-state index in [2.05, 4.69) is 0 Å². The Balaban J connectivity index is 2.89. The molecule has 118 valence electrons. The van der Waals surface area contributed by atoms with Crippen LogP contribution in [0.5, 0.6) is 0 Å². The van der Waals surface area contributed by atoms with Gasteiger partial charge in [-0.1, -0.05) is 11.6 Å². The largest absolute Gasteiger partial charge is 0.387 e. The molecule has 0 aromatic carbocycles. The van der Waals surface area contributed by atoms with Gasteiger partial charge in [0.2, 0.25) is 0 Å². The van der Waals surface area contributed by atoms with Crippen LogP contribution in [0.1, 0.15) is 53.4 Å². The van der Waals surface area contributed by atoms with Crippen molar-refractivity contribution in [2.24, 2.45) is 0 Å². The third-order valence-electron chi connectivity index (χ3n) is 4.55. The summed E-state index contributed by atoms with van der Waals surface area (Å²) in [6, 6.07) is 0. The van der Waals surface area contributed by atoms with Gasteiger partial charge in [0, 0.05) is 0 Å². The number of allylic oxidation sites excluding steroid dienone is 2. The van der Waals surface area contributed by atoms with E-state index in [4.69, 9.17) is 0 Å². The van der Waals surface area contributed by atoms with Gasteiger partial charge in [-0.3, -0.25) is 0 Å². The molecule has 0 amide bonds. The fraction of sp³-hybridized carbons (Fsp3) is 0.867. The number of aliphatic hydroxyl groups is 5. The fourth-order valence-electron chi connectivity index (χ4n) is 2.79. The summed E-state index contributed by atoms with van der Waals surface area (Å²) < 4.78 is 0. The average Bonchev–Trinajstić information content (AvgIpc) is 2.31. The van der Waals surface area contributed by atoms with Crippen LogP contribution < -0.4 is 0 Å². The van der Waals surface area contributed by atoms with Gasteiger partial charge in [0.1, 0.15) is 17.8 Å². The summed E-state index contributed by atoms with van der Waals surface area (Å²) in [6.45, 7) is 6.76. The molecule has 1 aliphatic carbocycles. The fourth-order valence-corrected chi connectivity index (χ4v) is 2.79. The van der Waals surface area contributed by atoms with Crippen LogP contribution in [0.15, 0.2) is 11.6 Å². The van der Waals surface area contributed by atoms with Gasteiger partial charge < -0.3 is 25.5 Å². The molecule has 20 heavy (non-hydrogen) atoms. The Bertz CT molecular complexity index is 370. The number of rotatable bonds is 4. The highest BCUT2D eigenvalue weighted by Gasteiger charge is 2.59. The van der Waals surface area contributed by atoms with Gasteiger partial charge in [-0.05, 0) is 53.4 Å². The highest BCUT2D eigenvalue weighted by Crippen LogP contribution is 2.43. The van der Waals surface area contributed by atoms with Crippen molar-refractivity contribution in [2.45, 2.75) is 82.4 Å². The third kappa shape index (κ3) is 3.23. The molecule has 0 spiro atoms. The molecule has 1 rings (SSSR count). The Labute approximate surface area is 120 Å². The van der Waals surface area contributed by atoms with E-state index in [1.165, 1.54) is 13.8 Å². The molecule has 1 fully saturated rings. The van der Waals surface area contributed by atoms with Gasteiger partial charge in [-0.2, -0.15) is 0 Å². The second-order valence-electron chi connectivity index (χ2n) is 6.77. The van der Waals surface area contributed by atoms with Gasteiger partial charge >= 0.3 is 0 Å². The van der Waals surface area contributed by atoms with Gasteiger partial charge in [0.15, 0.2) is 0 Å². The molecule has 0 unspecified atom stereocenters. The number of hydrogen-bond acceptors (Lipinski definition) is 5. The van der Waals surface area contributed by atoms with Crippen LogP contribution in [0.3, 0.4) is 0 Å². The zero-order chi connectivity index (χ0) is 15.8. The molecule has 5 atom stereocenters. The van der Waals surface area contributed by atoms with Crippen molar-refractivity contribution in [3.8, 4) is 0 Å². The topological polar surface area (TPSA) is 101 Å². The number of hydrogen-bond donors (Lipinski definition) is 5. The summed E-state index contributed by atoms with van der Waals surface area (Å²) in [5.74, 6) is 0. The smallest absolute Gasteiger partial charge is 0.121 e. The lowest BCUT2D eigenvalue weighted by Gasteiger charge is -2.52. The van der Waals surface area contributed by atoms with E-state index in [-0.39, 0.29) is 19.3 Å². The molecule has 5 N–H and O–H groups in total. The van der Waals surface area contributed by atoms with Crippen LogP contribution in [0.25, 0.3) is 0 Å². The van der Waals surface area contributed by atoms with Gasteiger partial charge in [-0.15, -0.1) is 0 Å². The van der Waals surface area contributed by atoms with E-state index >= 15 is 0 Å². The Hall–Kier alpha value is -0.460. The highest BCUT2D eigenvalue weighted by atomic mass is 16.4. The molecule has 0 bridgehead atoms. The molecule has 0 aliphatic heterocycles. The van der Waals surface area contributed by atoms with Crippen LogP contribution in [0, 0.1) is 0 Å². The van der Waals surface area contributed by atoms with Crippen molar-refractivity contribution in [1.29, 1.82) is 0 Å². The van der Waals surface area contributed by atoms with Gasteiger partial charge in [0.05, 0.1) is 11.2 Å². The van der Waals surface area contributed by atoms with E-state index < -0.39 is 29.0 Å². The van der Waals surface area contributed by atoms with E-state index in [1.807, 2.05) is 19.9 Å². The Morgan fingerprint density at radius 3 is 2.25 bits per heavy atom. The van der Waals surface area contributed by atoms with E-state index in [9.17, 15) is 25.5 Å². The van der Waals surface area contributed by atoms with Crippen LogP contribution in [0.2, 0.25) is 0 Å². The first kappa shape index (κ1) is 17.6. The Morgan fingerprint density at radius 2 is 1.75 bits per heavy atom. The average molecular weight is 288 g/mol. The Kier molecular flexibility index (Phi) is 5.04. The first-order valence-corrected chi connectivity index (χ1v) is 7.11. The van der Waals surface area contributed by atoms with Crippen LogP contribution in [-0.2, 0) is 0 Å². The molecule has 0 radical (unpaired) electrons. The van der Waals surface area contributed by atoms with Gasteiger partial charge in [-0.25, -0.2) is 0 Å². The summed E-state index contributed by atoms with van der Waals surface area (Å²) in [7, 11) is 0. The second-order valence-corrected chi connectivity index (χ2v) is 6.77. The maximum absolute atomic E-state index is 10.6. The lowest BCUT2D eigenvalue weighted by atomic mass is 9.65. The minimum absolute atomic E-state index is 0.0278. The third-order valence-corrected chi connectivity index (χ3v) is 4.55. The summed E-state index contributed by atoms with van der Waals surface area (Å²) in [5.41, 5.74) is -3.72. The highest BCUT2D eigenvalue weighted by molar-refractivity contribution is 5.11. The summed E-state index contributed by atoms with van der Waals surface area (Å²) >= 11 is 0. The van der Waals surface area contributed by atoms with Crippen molar-refractivity contribution in [3.63, 3.8) is 0 Å². The summed E-state index contributed by atoms with van der Waals surface area (Å²) in [4.78, 5) is 0. The molecule has 0 saturated heterocycles. The molecule has 5 heteroatoms. The lowest BCUT2D eigenvalue weighted by Crippen LogP contribution is -2.69. The molecular formula is C15H28O5. The molecule has 0 heterocycles.